The minimum Gasteiger partial charge on any atom is -0.338 e. The number of amides is 1. The van der Waals surface area contributed by atoms with Crippen molar-refractivity contribution >= 4 is 21.8 Å². The van der Waals surface area contributed by atoms with Crippen LogP contribution in [0.25, 0.3) is 0 Å². The van der Waals surface area contributed by atoms with Crippen molar-refractivity contribution in [2.45, 2.75) is 25.3 Å². The highest BCUT2D eigenvalue weighted by Gasteiger charge is 2.30. The van der Waals surface area contributed by atoms with Gasteiger partial charge in [0.05, 0.1) is 5.56 Å². The molecule has 4 heteroatoms. The first-order valence-electron chi connectivity index (χ1n) is 6.28. The molecule has 0 radical (unpaired) electrons. The van der Waals surface area contributed by atoms with Gasteiger partial charge in [0.15, 0.2) is 0 Å². The summed E-state index contributed by atoms with van der Waals surface area (Å²) in [6.45, 7) is 3.85. The van der Waals surface area contributed by atoms with Gasteiger partial charge in [-0.3, -0.25) is 4.79 Å². The summed E-state index contributed by atoms with van der Waals surface area (Å²) in [6, 6.07) is 7.61. The second-order valence-corrected chi connectivity index (χ2v) is 5.94. The molecule has 3 nitrogen and oxygen atoms in total. The number of halogens is 1. The summed E-state index contributed by atoms with van der Waals surface area (Å²) in [5.74, 6) is 0.126. The number of benzene rings is 1. The number of hydrogen-bond acceptors (Lipinski definition) is 2. The van der Waals surface area contributed by atoms with E-state index in [1.807, 2.05) is 36.2 Å². The third-order valence-electron chi connectivity index (χ3n) is 3.86. The average Bonchev–Trinajstić information content (AvgIpc) is 2.39. The fraction of sp³-hybridized carbons (Fsp3) is 0.500. The molecule has 98 valence electrons. The minimum atomic E-state index is 0.126. The van der Waals surface area contributed by atoms with Gasteiger partial charge in [-0.1, -0.05) is 12.1 Å². The van der Waals surface area contributed by atoms with Gasteiger partial charge in [0.25, 0.3) is 5.91 Å². The van der Waals surface area contributed by atoms with Crippen molar-refractivity contribution in [1.29, 1.82) is 0 Å². The van der Waals surface area contributed by atoms with Crippen LogP contribution < -0.4 is 5.32 Å². The number of hydrogen-bond donors (Lipinski definition) is 1. The molecule has 2 rings (SSSR count). The number of carbonyl (C=O) groups is 1. The van der Waals surface area contributed by atoms with E-state index >= 15 is 0 Å². The van der Waals surface area contributed by atoms with Crippen molar-refractivity contribution in [2.75, 3.05) is 20.1 Å². The number of likely N-dealkylation sites (tertiary alicyclic amines) is 1. The number of piperidine rings is 1. The van der Waals surface area contributed by atoms with Crippen LogP contribution in [0, 0.1) is 0 Å². The molecule has 1 N–H and O–H groups in total. The Morgan fingerprint density at radius 1 is 1.33 bits per heavy atom. The maximum Gasteiger partial charge on any atom is 0.254 e. The molecule has 1 aliphatic heterocycles. The second-order valence-electron chi connectivity index (χ2n) is 5.08. The Hall–Kier alpha value is -0.870. The zero-order chi connectivity index (χ0) is 13.2. The minimum absolute atomic E-state index is 0.126. The molecule has 1 amide bonds. The lowest BCUT2D eigenvalue weighted by Gasteiger charge is -2.39. The molecule has 0 saturated carbocycles. The SMILES string of the molecule is CNC1(C)CCN(C(=O)c2ccccc2Br)CC1. The fourth-order valence-corrected chi connectivity index (χ4v) is 2.71. The Kier molecular flexibility index (Phi) is 4.07. The molecule has 0 atom stereocenters. The van der Waals surface area contributed by atoms with Gasteiger partial charge in [-0.2, -0.15) is 0 Å². The van der Waals surface area contributed by atoms with Gasteiger partial charge in [-0.15, -0.1) is 0 Å². The predicted octanol–water partition coefficient (Wildman–Crippen LogP) is 2.66. The van der Waals surface area contributed by atoms with Crippen LogP contribution in [0.3, 0.4) is 0 Å². The van der Waals surface area contributed by atoms with Crippen LogP contribution in [0.4, 0.5) is 0 Å². The van der Waals surface area contributed by atoms with Gasteiger partial charge in [-0.05, 0) is 54.9 Å². The van der Waals surface area contributed by atoms with Gasteiger partial charge in [0, 0.05) is 23.1 Å². The topological polar surface area (TPSA) is 32.3 Å². The summed E-state index contributed by atoms with van der Waals surface area (Å²) in [5, 5.41) is 3.34. The molecule has 0 aromatic heterocycles. The first-order valence-corrected chi connectivity index (χ1v) is 7.08. The van der Waals surface area contributed by atoms with E-state index in [0.29, 0.717) is 0 Å². The smallest absolute Gasteiger partial charge is 0.254 e. The maximum absolute atomic E-state index is 12.4. The highest BCUT2D eigenvalue weighted by molar-refractivity contribution is 9.10. The zero-order valence-electron chi connectivity index (χ0n) is 10.9. The van der Waals surface area contributed by atoms with E-state index < -0.39 is 0 Å². The van der Waals surface area contributed by atoms with Crippen LogP contribution in [0.5, 0.6) is 0 Å². The molecular formula is C14H19BrN2O. The van der Waals surface area contributed by atoms with Crippen LogP contribution in [0.2, 0.25) is 0 Å². The molecular weight excluding hydrogens is 292 g/mol. The third kappa shape index (κ3) is 2.75. The van der Waals surface area contributed by atoms with Gasteiger partial charge < -0.3 is 10.2 Å². The highest BCUT2D eigenvalue weighted by atomic mass is 79.9. The number of nitrogens with zero attached hydrogens (tertiary/aromatic N) is 1. The molecule has 1 saturated heterocycles. The fourth-order valence-electron chi connectivity index (χ4n) is 2.26. The summed E-state index contributed by atoms with van der Waals surface area (Å²) < 4.78 is 0.872. The number of nitrogens with one attached hydrogen (secondary N) is 1. The summed E-state index contributed by atoms with van der Waals surface area (Å²) in [6.07, 6.45) is 2.00. The molecule has 1 aromatic rings. The lowest BCUT2D eigenvalue weighted by Crippen LogP contribution is -2.51. The van der Waals surface area contributed by atoms with Crippen molar-refractivity contribution in [3.05, 3.63) is 34.3 Å². The molecule has 18 heavy (non-hydrogen) atoms. The first-order chi connectivity index (χ1) is 8.56. The van der Waals surface area contributed by atoms with Crippen LogP contribution in [-0.2, 0) is 0 Å². The monoisotopic (exact) mass is 310 g/mol. The highest BCUT2D eigenvalue weighted by Crippen LogP contribution is 2.24. The van der Waals surface area contributed by atoms with Crippen LogP contribution >= 0.6 is 15.9 Å². The summed E-state index contributed by atoms with van der Waals surface area (Å²) >= 11 is 3.44. The normalized spacial score (nSPS) is 18.7. The third-order valence-corrected chi connectivity index (χ3v) is 4.55. The Morgan fingerprint density at radius 3 is 2.50 bits per heavy atom. The Bertz CT molecular complexity index is 439. The van der Waals surface area contributed by atoms with Crippen molar-refractivity contribution in [1.82, 2.24) is 10.2 Å². The van der Waals surface area contributed by atoms with Crippen molar-refractivity contribution in [3.8, 4) is 0 Å². The van der Waals surface area contributed by atoms with Crippen LogP contribution in [-0.4, -0.2) is 36.5 Å². The lowest BCUT2D eigenvalue weighted by molar-refractivity contribution is 0.0661. The van der Waals surface area contributed by atoms with E-state index in [1.165, 1.54) is 0 Å². The first kappa shape index (κ1) is 13.6. The largest absolute Gasteiger partial charge is 0.338 e. The predicted molar refractivity (Wildman–Crippen MR) is 76.7 cm³/mol. The molecule has 0 unspecified atom stereocenters. The van der Waals surface area contributed by atoms with E-state index in [9.17, 15) is 4.79 Å². The van der Waals surface area contributed by atoms with E-state index in [1.54, 1.807) is 0 Å². The quantitative estimate of drug-likeness (QED) is 0.911. The van der Waals surface area contributed by atoms with Crippen molar-refractivity contribution in [2.24, 2.45) is 0 Å². The molecule has 0 aliphatic carbocycles. The van der Waals surface area contributed by atoms with E-state index in [-0.39, 0.29) is 11.4 Å². The van der Waals surface area contributed by atoms with Gasteiger partial charge in [0.1, 0.15) is 0 Å². The zero-order valence-corrected chi connectivity index (χ0v) is 12.5. The molecule has 1 aliphatic rings. The molecule has 0 spiro atoms. The second kappa shape index (κ2) is 5.41. The van der Waals surface area contributed by atoms with Crippen molar-refractivity contribution in [3.63, 3.8) is 0 Å². The van der Waals surface area contributed by atoms with Gasteiger partial charge in [0.2, 0.25) is 0 Å². The van der Waals surface area contributed by atoms with Crippen LogP contribution in [0.1, 0.15) is 30.1 Å². The van der Waals surface area contributed by atoms with Crippen molar-refractivity contribution < 1.29 is 4.79 Å². The molecule has 1 fully saturated rings. The van der Waals surface area contributed by atoms with Crippen LogP contribution in [0.15, 0.2) is 28.7 Å². The van der Waals surface area contributed by atoms with E-state index in [4.69, 9.17) is 0 Å². The Labute approximate surface area is 117 Å². The Balaban J connectivity index is 2.07. The lowest BCUT2D eigenvalue weighted by atomic mass is 9.89. The molecule has 1 heterocycles. The summed E-state index contributed by atoms with van der Waals surface area (Å²) in [5.41, 5.74) is 0.926. The standard InChI is InChI=1S/C14H19BrN2O/c1-14(16-2)7-9-17(10-8-14)13(18)11-5-3-4-6-12(11)15/h3-6,16H,7-10H2,1-2H3. The van der Waals surface area contributed by atoms with Gasteiger partial charge in [-0.25, -0.2) is 0 Å². The number of rotatable bonds is 2. The van der Waals surface area contributed by atoms with Gasteiger partial charge >= 0.3 is 0 Å². The van der Waals surface area contributed by atoms with E-state index in [2.05, 4.69) is 28.2 Å². The maximum atomic E-state index is 12.4. The molecule has 1 aromatic carbocycles. The molecule has 0 bridgehead atoms. The summed E-state index contributed by atoms with van der Waals surface area (Å²) in [7, 11) is 1.99. The Morgan fingerprint density at radius 2 is 1.94 bits per heavy atom. The average molecular weight is 311 g/mol. The summed E-state index contributed by atoms with van der Waals surface area (Å²) in [4.78, 5) is 14.3. The number of carbonyl (C=O) groups excluding carboxylic acids is 1. The van der Waals surface area contributed by atoms with E-state index in [0.717, 1.165) is 36.0 Å².